The first-order valence-electron chi connectivity index (χ1n) is 6.70. The second-order valence-electron chi connectivity index (χ2n) is 4.84. The molecule has 0 saturated carbocycles. The number of hydrogen-bond donors (Lipinski definition) is 1. The van der Waals surface area contributed by atoms with Gasteiger partial charge in [0.25, 0.3) is 0 Å². The predicted octanol–water partition coefficient (Wildman–Crippen LogP) is 4.98. The lowest BCUT2D eigenvalue weighted by molar-refractivity contribution is 0.318. The van der Waals surface area contributed by atoms with Crippen molar-refractivity contribution in [2.75, 3.05) is 0 Å². The van der Waals surface area contributed by atoms with Crippen LogP contribution in [-0.4, -0.2) is 10.9 Å². The van der Waals surface area contributed by atoms with E-state index in [1.54, 1.807) is 23.9 Å². The van der Waals surface area contributed by atoms with E-state index < -0.39 is 0 Å². The highest BCUT2D eigenvalue weighted by Gasteiger charge is 2.13. The quantitative estimate of drug-likeness (QED) is 0.640. The van der Waals surface area contributed by atoms with E-state index in [0.717, 1.165) is 33.9 Å². The van der Waals surface area contributed by atoms with Gasteiger partial charge in [-0.05, 0) is 66.5 Å². The van der Waals surface area contributed by atoms with Crippen LogP contribution in [0.15, 0.2) is 69.6 Å². The fourth-order valence-electron chi connectivity index (χ4n) is 2.31. The van der Waals surface area contributed by atoms with Crippen molar-refractivity contribution in [1.82, 2.24) is 0 Å². The number of allylic oxidation sites excluding steroid dienone is 2. The summed E-state index contributed by atoms with van der Waals surface area (Å²) in [5, 5.41) is 12.1. The number of rotatable bonds is 3. The van der Waals surface area contributed by atoms with E-state index in [1.807, 2.05) is 18.2 Å². The first kappa shape index (κ1) is 13.9. The van der Waals surface area contributed by atoms with E-state index in [2.05, 4.69) is 17.3 Å². The Labute approximate surface area is 127 Å². The number of benzene rings is 2. The Hall–Kier alpha value is -2.07. The lowest BCUT2D eigenvalue weighted by Gasteiger charge is -2.06. The van der Waals surface area contributed by atoms with Crippen LogP contribution in [0, 0.1) is 5.82 Å². The second kappa shape index (κ2) is 6.14. The molecule has 1 N–H and O–H groups in total. The molecule has 0 fully saturated rings. The molecular weight excluding hydrogens is 285 g/mol. The SMILES string of the molecule is ON=C1C=C(c2cccc(Sc3ccc(F)cc3)c2)CC1. The maximum Gasteiger partial charge on any atom is 0.123 e. The largest absolute Gasteiger partial charge is 0.411 e. The van der Waals surface area contributed by atoms with Crippen molar-refractivity contribution in [2.24, 2.45) is 5.16 Å². The van der Waals surface area contributed by atoms with Crippen LogP contribution in [0.1, 0.15) is 18.4 Å². The molecule has 1 aliphatic carbocycles. The Morgan fingerprint density at radius 1 is 1.00 bits per heavy atom. The van der Waals surface area contributed by atoms with Crippen molar-refractivity contribution in [2.45, 2.75) is 22.6 Å². The molecule has 2 aromatic carbocycles. The maximum absolute atomic E-state index is 12.9. The summed E-state index contributed by atoms with van der Waals surface area (Å²) >= 11 is 1.60. The summed E-state index contributed by atoms with van der Waals surface area (Å²) in [6.07, 6.45) is 3.60. The molecule has 0 bridgehead atoms. The van der Waals surface area contributed by atoms with Crippen molar-refractivity contribution < 1.29 is 9.60 Å². The van der Waals surface area contributed by atoms with Crippen LogP contribution < -0.4 is 0 Å². The summed E-state index contributed by atoms with van der Waals surface area (Å²) in [6.45, 7) is 0. The predicted molar refractivity (Wildman–Crippen MR) is 83.4 cm³/mol. The van der Waals surface area contributed by atoms with Gasteiger partial charge in [0, 0.05) is 9.79 Å². The van der Waals surface area contributed by atoms with Gasteiger partial charge >= 0.3 is 0 Å². The Bertz CT molecular complexity index is 707. The molecule has 0 atom stereocenters. The van der Waals surface area contributed by atoms with Gasteiger partial charge in [-0.3, -0.25) is 0 Å². The normalized spacial score (nSPS) is 16.2. The molecule has 0 spiro atoms. The van der Waals surface area contributed by atoms with Gasteiger partial charge in [-0.2, -0.15) is 0 Å². The van der Waals surface area contributed by atoms with E-state index in [4.69, 9.17) is 5.21 Å². The van der Waals surface area contributed by atoms with Crippen LogP contribution in [0.2, 0.25) is 0 Å². The van der Waals surface area contributed by atoms with Crippen LogP contribution in [0.3, 0.4) is 0 Å². The van der Waals surface area contributed by atoms with Gasteiger partial charge in [0.05, 0.1) is 5.71 Å². The van der Waals surface area contributed by atoms with E-state index in [-0.39, 0.29) is 5.82 Å². The van der Waals surface area contributed by atoms with Crippen molar-refractivity contribution in [1.29, 1.82) is 0 Å². The molecule has 0 aromatic heterocycles. The molecule has 0 heterocycles. The molecule has 4 heteroatoms. The molecule has 1 aliphatic rings. The zero-order valence-electron chi connectivity index (χ0n) is 11.3. The van der Waals surface area contributed by atoms with Crippen molar-refractivity contribution >= 4 is 23.0 Å². The third kappa shape index (κ3) is 3.34. The molecule has 106 valence electrons. The Balaban J connectivity index is 1.82. The number of nitrogens with zero attached hydrogens (tertiary/aromatic N) is 1. The molecule has 0 amide bonds. The van der Waals surface area contributed by atoms with Gasteiger partial charge in [-0.15, -0.1) is 0 Å². The third-order valence-electron chi connectivity index (χ3n) is 3.37. The second-order valence-corrected chi connectivity index (χ2v) is 5.99. The van der Waals surface area contributed by atoms with Gasteiger partial charge in [-0.25, -0.2) is 4.39 Å². The number of hydrogen-bond acceptors (Lipinski definition) is 3. The van der Waals surface area contributed by atoms with Gasteiger partial charge in [0.2, 0.25) is 0 Å². The van der Waals surface area contributed by atoms with Gasteiger partial charge in [0.1, 0.15) is 5.82 Å². The van der Waals surface area contributed by atoms with Crippen LogP contribution in [0.5, 0.6) is 0 Å². The Morgan fingerprint density at radius 3 is 2.52 bits per heavy atom. The van der Waals surface area contributed by atoms with Crippen molar-refractivity contribution in [3.05, 3.63) is 66.0 Å². The molecule has 3 rings (SSSR count). The van der Waals surface area contributed by atoms with Crippen molar-refractivity contribution in [3.63, 3.8) is 0 Å². The third-order valence-corrected chi connectivity index (χ3v) is 4.37. The molecule has 2 nitrogen and oxygen atoms in total. The number of halogens is 1. The minimum atomic E-state index is -0.222. The Kier molecular flexibility index (Phi) is 4.06. The van der Waals surface area contributed by atoms with Gasteiger partial charge in [-0.1, -0.05) is 29.1 Å². The Morgan fingerprint density at radius 2 is 1.81 bits per heavy atom. The minimum Gasteiger partial charge on any atom is -0.411 e. The summed E-state index contributed by atoms with van der Waals surface area (Å²) < 4.78 is 12.9. The van der Waals surface area contributed by atoms with E-state index >= 15 is 0 Å². The van der Waals surface area contributed by atoms with E-state index in [0.29, 0.717) is 0 Å². The first-order valence-corrected chi connectivity index (χ1v) is 7.51. The molecular formula is C17H14FNOS. The smallest absolute Gasteiger partial charge is 0.123 e. The average Bonchev–Trinajstić information content (AvgIpc) is 2.99. The standard InChI is InChI=1S/C17H14FNOS/c18-14-5-8-16(9-6-14)21-17-3-1-2-12(11-17)13-4-7-15(10-13)19-20/h1-3,5-6,8-11,20H,4,7H2. The van der Waals surface area contributed by atoms with Crippen LogP contribution in [0.4, 0.5) is 4.39 Å². The average molecular weight is 299 g/mol. The fraction of sp³-hybridized carbons (Fsp3) is 0.118. The molecule has 21 heavy (non-hydrogen) atoms. The first-order chi connectivity index (χ1) is 10.2. The highest BCUT2D eigenvalue weighted by Crippen LogP contribution is 2.32. The summed E-state index contributed by atoms with van der Waals surface area (Å²) in [5.74, 6) is -0.222. The van der Waals surface area contributed by atoms with Crippen LogP contribution in [-0.2, 0) is 0 Å². The minimum absolute atomic E-state index is 0.222. The lowest BCUT2D eigenvalue weighted by Crippen LogP contribution is -1.83. The van der Waals surface area contributed by atoms with Crippen LogP contribution >= 0.6 is 11.8 Å². The fourth-order valence-corrected chi connectivity index (χ4v) is 3.19. The molecule has 0 radical (unpaired) electrons. The zero-order chi connectivity index (χ0) is 14.7. The van der Waals surface area contributed by atoms with Gasteiger partial charge < -0.3 is 5.21 Å². The highest BCUT2D eigenvalue weighted by atomic mass is 32.2. The van der Waals surface area contributed by atoms with Gasteiger partial charge in [0.15, 0.2) is 0 Å². The van der Waals surface area contributed by atoms with E-state index in [9.17, 15) is 4.39 Å². The maximum atomic E-state index is 12.9. The summed E-state index contributed by atoms with van der Waals surface area (Å²) in [6, 6.07) is 14.7. The topological polar surface area (TPSA) is 32.6 Å². The summed E-state index contributed by atoms with van der Waals surface area (Å²) in [4.78, 5) is 2.11. The molecule has 0 saturated heterocycles. The molecule has 0 aliphatic heterocycles. The van der Waals surface area contributed by atoms with E-state index in [1.165, 1.54) is 17.7 Å². The van der Waals surface area contributed by atoms with Crippen LogP contribution in [0.25, 0.3) is 5.57 Å². The van der Waals surface area contributed by atoms with Crippen molar-refractivity contribution in [3.8, 4) is 0 Å². The molecule has 0 unspecified atom stereocenters. The molecule has 2 aromatic rings. The number of oxime groups is 1. The monoisotopic (exact) mass is 299 g/mol. The summed E-state index contributed by atoms with van der Waals surface area (Å²) in [5.41, 5.74) is 3.05. The summed E-state index contributed by atoms with van der Waals surface area (Å²) in [7, 11) is 0. The lowest BCUT2D eigenvalue weighted by atomic mass is 10.1. The highest BCUT2D eigenvalue weighted by molar-refractivity contribution is 7.99. The zero-order valence-corrected chi connectivity index (χ0v) is 12.1.